The molecule has 1 aromatic carbocycles. The Bertz CT molecular complexity index is 344. The average molecular weight is 191 g/mol. The summed E-state index contributed by atoms with van der Waals surface area (Å²) in [6.45, 7) is 5.91. The molecular weight excluding hydrogens is 174 g/mol. The number of hydrogen-bond donors (Lipinski definition) is 1. The summed E-state index contributed by atoms with van der Waals surface area (Å²) >= 11 is 0. The molecule has 2 heteroatoms. The molecule has 76 valence electrons. The molecule has 0 aliphatic rings. The first kappa shape index (κ1) is 10.8. The van der Waals surface area contributed by atoms with Gasteiger partial charge in [-0.05, 0) is 25.5 Å². The molecule has 0 aromatic heterocycles. The van der Waals surface area contributed by atoms with Crippen LogP contribution in [0.5, 0.6) is 0 Å². The zero-order valence-corrected chi connectivity index (χ0v) is 9.00. The Hall–Kier alpha value is -1.31. The van der Waals surface area contributed by atoms with E-state index in [-0.39, 0.29) is 11.7 Å². The van der Waals surface area contributed by atoms with Crippen LogP contribution in [0.3, 0.4) is 0 Å². The number of benzene rings is 1. The molecule has 1 unspecified atom stereocenters. The fourth-order valence-corrected chi connectivity index (χ4v) is 1.33. The second kappa shape index (κ2) is 4.27. The Morgan fingerprint density at radius 1 is 1.50 bits per heavy atom. The third-order valence-electron chi connectivity index (χ3n) is 2.53. The molecule has 0 amide bonds. The lowest BCUT2D eigenvalue weighted by molar-refractivity contribution is 0.0928. The van der Waals surface area contributed by atoms with Gasteiger partial charge in [0.05, 0.1) is 0 Å². The van der Waals surface area contributed by atoms with Crippen molar-refractivity contribution >= 4 is 11.5 Å². The molecule has 2 N–H and O–H groups in total. The Morgan fingerprint density at radius 3 is 2.71 bits per heavy atom. The predicted molar refractivity (Wildman–Crippen MR) is 59.4 cm³/mol. The van der Waals surface area contributed by atoms with Crippen LogP contribution < -0.4 is 5.73 Å². The fraction of sp³-hybridized carbons (Fsp3) is 0.417. The van der Waals surface area contributed by atoms with Crippen LogP contribution >= 0.6 is 0 Å². The first-order valence-corrected chi connectivity index (χ1v) is 4.96. The van der Waals surface area contributed by atoms with Gasteiger partial charge in [0.15, 0.2) is 5.78 Å². The van der Waals surface area contributed by atoms with E-state index in [1.165, 1.54) is 0 Å². The summed E-state index contributed by atoms with van der Waals surface area (Å²) in [4.78, 5) is 11.9. The molecule has 14 heavy (non-hydrogen) atoms. The SMILES string of the molecule is CCC(C)C(=O)c1cc(C)ccc1N. The third-order valence-corrected chi connectivity index (χ3v) is 2.53. The highest BCUT2D eigenvalue weighted by Crippen LogP contribution is 2.19. The van der Waals surface area contributed by atoms with E-state index < -0.39 is 0 Å². The number of aryl methyl sites for hydroxylation is 1. The number of Topliss-reactive ketones (excluding diaryl/α,β-unsaturated/α-hetero) is 1. The molecule has 1 aromatic rings. The number of anilines is 1. The first-order valence-electron chi connectivity index (χ1n) is 4.96. The first-order chi connectivity index (χ1) is 6.56. The second-order valence-electron chi connectivity index (χ2n) is 3.76. The fourth-order valence-electron chi connectivity index (χ4n) is 1.33. The molecule has 0 radical (unpaired) electrons. The number of nitrogen functional groups attached to an aromatic ring is 1. The molecule has 0 saturated heterocycles. The number of rotatable bonds is 3. The highest BCUT2D eigenvalue weighted by Gasteiger charge is 2.15. The van der Waals surface area contributed by atoms with Gasteiger partial charge in [0.25, 0.3) is 0 Å². The summed E-state index contributed by atoms with van der Waals surface area (Å²) in [7, 11) is 0. The van der Waals surface area contributed by atoms with Crippen LogP contribution in [0.1, 0.15) is 36.2 Å². The van der Waals surface area contributed by atoms with Gasteiger partial charge < -0.3 is 5.73 Å². The van der Waals surface area contributed by atoms with Gasteiger partial charge in [-0.15, -0.1) is 0 Å². The molecule has 0 saturated carbocycles. The van der Waals surface area contributed by atoms with E-state index in [4.69, 9.17) is 5.73 Å². The topological polar surface area (TPSA) is 43.1 Å². The van der Waals surface area contributed by atoms with Crippen LogP contribution in [0.15, 0.2) is 18.2 Å². The second-order valence-corrected chi connectivity index (χ2v) is 3.76. The van der Waals surface area contributed by atoms with Crippen molar-refractivity contribution in [1.82, 2.24) is 0 Å². The van der Waals surface area contributed by atoms with Gasteiger partial charge in [0, 0.05) is 17.2 Å². The van der Waals surface area contributed by atoms with Crippen LogP contribution in [-0.4, -0.2) is 5.78 Å². The Kier molecular flexibility index (Phi) is 3.28. The van der Waals surface area contributed by atoms with Crippen molar-refractivity contribution in [2.24, 2.45) is 5.92 Å². The third kappa shape index (κ3) is 2.13. The smallest absolute Gasteiger partial charge is 0.167 e. The molecule has 0 fully saturated rings. The molecule has 1 rings (SSSR count). The summed E-state index contributed by atoms with van der Waals surface area (Å²) in [5, 5.41) is 0. The minimum Gasteiger partial charge on any atom is -0.398 e. The van der Waals surface area contributed by atoms with Gasteiger partial charge in [0.1, 0.15) is 0 Å². The van der Waals surface area contributed by atoms with Gasteiger partial charge >= 0.3 is 0 Å². The average Bonchev–Trinajstić information content (AvgIpc) is 2.19. The molecule has 0 heterocycles. The lowest BCUT2D eigenvalue weighted by Gasteiger charge is -2.10. The minimum atomic E-state index is 0.0547. The van der Waals surface area contributed by atoms with Crippen molar-refractivity contribution in [3.05, 3.63) is 29.3 Å². The number of nitrogens with two attached hydrogens (primary N) is 1. The maximum absolute atomic E-state index is 11.9. The van der Waals surface area contributed by atoms with Gasteiger partial charge in [-0.3, -0.25) is 4.79 Å². The predicted octanol–water partition coefficient (Wildman–Crippen LogP) is 2.81. The van der Waals surface area contributed by atoms with Crippen molar-refractivity contribution in [3.8, 4) is 0 Å². The number of carbonyl (C=O) groups is 1. The number of carbonyl (C=O) groups excluding carboxylic acids is 1. The minimum absolute atomic E-state index is 0.0547. The molecule has 2 nitrogen and oxygen atoms in total. The number of ketones is 1. The van der Waals surface area contributed by atoms with Crippen LogP contribution in [0.2, 0.25) is 0 Å². The van der Waals surface area contributed by atoms with E-state index in [2.05, 4.69) is 0 Å². The Balaban J connectivity index is 3.06. The molecule has 0 bridgehead atoms. The van der Waals surface area contributed by atoms with Crippen LogP contribution in [0, 0.1) is 12.8 Å². The van der Waals surface area contributed by atoms with Crippen molar-refractivity contribution < 1.29 is 4.79 Å². The largest absolute Gasteiger partial charge is 0.398 e. The van der Waals surface area contributed by atoms with Gasteiger partial charge in [-0.1, -0.05) is 25.5 Å². The maximum Gasteiger partial charge on any atom is 0.167 e. The molecule has 0 aliphatic heterocycles. The summed E-state index contributed by atoms with van der Waals surface area (Å²) < 4.78 is 0. The van der Waals surface area contributed by atoms with E-state index in [1.807, 2.05) is 32.9 Å². The standard InChI is InChI=1S/C12H17NO/c1-4-9(3)12(14)10-7-8(2)5-6-11(10)13/h5-7,9H,4,13H2,1-3H3. The quantitative estimate of drug-likeness (QED) is 0.589. The van der Waals surface area contributed by atoms with Crippen molar-refractivity contribution in [2.75, 3.05) is 5.73 Å². The zero-order chi connectivity index (χ0) is 10.7. The maximum atomic E-state index is 11.9. The summed E-state index contributed by atoms with van der Waals surface area (Å²) in [5.41, 5.74) is 8.09. The van der Waals surface area contributed by atoms with Gasteiger partial charge in [0.2, 0.25) is 0 Å². The van der Waals surface area contributed by atoms with E-state index >= 15 is 0 Å². The Labute approximate surface area is 85.1 Å². The monoisotopic (exact) mass is 191 g/mol. The molecule has 0 spiro atoms. The number of hydrogen-bond acceptors (Lipinski definition) is 2. The van der Waals surface area contributed by atoms with Crippen LogP contribution in [0.25, 0.3) is 0 Å². The summed E-state index contributed by atoms with van der Waals surface area (Å²) in [5.74, 6) is 0.202. The van der Waals surface area contributed by atoms with Crippen molar-refractivity contribution in [1.29, 1.82) is 0 Å². The van der Waals surface area contributed by atoms with E-state index in [0.29, 0.717) is 11.3 Å². The highest BCUT2D eigenvalue weighted by molar-refractivity contribution is 6.02. The molecule has 1 atom stereocenters. The van der Waals surface area contributed by atoms with Crippen LogP contribution in [-0.2, 0) is 0 Å². The van der Waals surface area contributed by atoms with E-state index in [1.54, 1.807) is 6.07 Å². The lowest BCUT2D eigenvalue weighted by Crippen LogP contribution is -2.12. The zero-order valence-electron chi connectivity index (χ0n) is 9.00. The van der Waals surface area contributed by atoms with Crippen molar-refractivity contribution in [3.63, 3.8) is 0 Å². The van der Waals surface area contributed by atoms with Gasteiger partial charge in [-0.25, -0.2) is 0 Å². The molecule has 0 aliphatic carbocycles. The van der Waals surface area contributed by atoms with Gasteiger partial charge in [-0.2, -0.15) is 0 Å². The highest BCUT2D eigenvalue weighted by atomic mass is 16.1. The van der Waals surface area contributed by atoms with E-state index in [9.17, 15) is 4.79 Å². The van der Waals surface area contributed by atoms with Crippen molar-refractivity contribution in [2.45, 2.75) is 27.2 Å². The normalized spacial score (nSPS) is 12.5. The lowest BCUT2D eigenvalue weighted by atomic mass is 9.95. The van der Waals surface area contributed by atoms with E-state index in [0.717, 1.165) is 12.0 Å². The summed E-state index contributed by atoms with van der Waals surface area (Å²) in [6, 6.07) is 5.58. The molecular formula is C12H17NO. The van der Waals surface area contributed by atoms with Crippen LogP contribution in [0.4, 0.5) is 5.69 Å². The Morgan fingerprint density at radius 2 is 2.14 bits per heavy atom. The summed E-state index contributed by atoms with van der Waals surface area (Å²) in [6.07, 6.45) is 0.853.